The summed E-state index contributed by atoms with van der Waals surface area (Å²) in [6.07, 6.45) is 2.05. The lowest BCUT2D eigenvalue weighted by atomic mass is 9.95. The zero-order valence-corrected chi connectivity index (χ0v) is 17.7. The second-order valence-electron chi connectivity index (χ2n) is 7.28. The summed E-state index contributed by atoms with van der Waals surface area (Å²) in [5, 5.41) is 3.17. The number of carbonyl (C=O) groups excluding carboxylic acids is 1. The number of carbonyl (C=O) groups is 1. The number of benzene rings is 2. The zero-order chi connectivity index (χ0) is 20.1. The molecule has 150 valence electrons. The van der Waals surface area contributed by atoms with Crippen molar-refractivity contribution in [2.75, 3.05) is 26.5 Å². The van der Waals surface area contributed by atoms with E-state index in [9.17, 15) is 4.79 Å². The van der Waals surface area contributed by atoms with Gasteiger partial charge in [0, 0.05) is 18.5 Å². The Balaban J connectivity index is 1.68. The minimum atomic E-state index is -0.107. The molecule has 1 N–H and O–H groups in total. The van der Waals surface area contributed by atoms with Crippen molar-refractivity contribution >= 4 is 17.8 Å². The molecule has 1 atom stereocenters. The summed E-state index contributed by atoms with van der Waals surface area (Å²) >= 11 is 1.71. The molecule has 0 spiro atoms. The molecule has 0 bridgehead atoms. The van der Waals surface area contributed by atoms with E-state index in [-0.39, 0.29) is 18.0 Å². The predicted octanol–water partition coefficient (Wildman–Crippen LogP) is 4.72. The van der Waals surface area contributed by atoms with E-state index < -0.39 is 0 Å². The number of amides is 2. The Hall–Kier alpha value is -2.34. The number of hydrogen-bond donors (Lipinski definition) is 1. The predicted molar refractivity (Wildman–Crippen MR) is 113 cm³/mol. The summed E-state index contributed by atoms with van der Waals surface area (Å²) in [7, 11) is 1.82. The maximum atomic E-state index is 12.8. The molecular weight excluding hydrogens is 372 g/mol. The summed E-state index contributed by atoms with van der Waals surface area (Å²) in [4.78, 5) is 15.7. The van der Waals surface area contributed by atoms with Gasteiger partial charge in [0.2, 0.25) is 0 Å². The third-order valence-electron chi connectivity index (χ3n) is 4.80. The lowest BCUT2D eigenvalue weighted by molar-refractivity contribution is 0.171. The van der Waals surface area contributed by atoms with Crippen LogP contribution in [-0.4, -0.2) is 37.4 Å². The van der Waals surface area contributed by atoms with Crippen molar-refractivity contribution in [2.24, 2.45) is 5.92 Å². The molecule has 3 rings (SSSR count). The number of nitrogens with one attached hydrogen (secondary N) is 1. The van der Waals surface area contributed by atoms with E-state index in [1.807, 2.05) is 25.2 Å². The number of fused-ring (bicyclic) bond motifs is 1. The maximum absolute atomic E-state index is 12.8. The summed E-state index contributed by atoms with van der Waals surface area (Å²) in [6, 6.07) is 14.0. The van der Waals surface area contributed by atoms with Crippen molar-refractivity contribution in [3.8, 4) is 11.5 Å². The Bertz CT molecular complexity index is 808. The first-order valence-electron chi connectivity index (χ1n) is 9.52. The molecule has 2 aromatic carbocycles. The second kappa shape index (κ2) is 9.24. The van der Waals surface area contributed by atoms with Crippen molar-refractivity contribution in [1.82, 2.24) is 10.2 Å². The molecule has 2 aromatic rings. The largest absolute Gasteiger partial charge is 0.486 e. The van der Waals surface area contributed by atoms with E-state index in [0.29, 0.717) is 19.8 Å². The third-order valence-corrected chi connectivity index (χ3v) is 5.54. The molecule has 0 radical (unpaired) electrons. The summed E-state index contributed by atoms with van der Waals surface area (Å²) in [6.45, 7) is 5.88. The van der Waals surface area contributed by atoms with Gasteiger partial charge in [0.15, 0.2) is 11.5 Å². The van der Waals surface area contributed by atoms with Crippen LogP contribution in [0.3, 0.4) is 0 Å². The minimum Gasteiger partial charge on any atom is -0.486 e. The standard InChI is InChI=1S/C22H28N2O3S/c1-15(2)21(17-7-10-19-20(13-17)27-12-11-26-19)23-22(25)24(3)14-16-5-8-18(28-4)9-6-16/h5-10,13,15,21H,11-12,14H2,1-4H3,(H,23,25). The monoisotopic (exact) mass is 400 g/mol. The SMILES string of the molecule is CSc1ccc(CN(C)C(=O)NC(c2ccc3c(c2)OCCO3)C(C)C)cc1. The average molecular weight is 401 g/mol. The Morgan fingerprint density at radius 2 is 1.79 bits per heavy atom. The van der Waals surface area contributed by atoms with Crippen LogP contribution in [-0.2, 0) is 6.54 Å². The number of thioether (sulfide) groups is 1. The van der Waals surface area contributed by atoms with E-state index in [4.69, 9.17) is 9.47 Å². The molecule has 1 unspecified atom stereocenters. The smallest absolute Gasteiger partial charge is 0.317 e. The van der Waals surface area contributed by atoms with Crippen molar-refractivity contribution in [3.63, 3.8) is 0 Å². The van der Waals surface area contributed by atoms with Gasteiger partial charge in [0.25, 0.3) is 0 Å². The molecule has 28 heavy (non-hydrogen) atoms. The Kier molecular flexibility index (Phi) is 6.73. The average Bonchev–Trinajstić information content (AvgIpc) is 2.71. The van der Waals surface area contributed by atoms with E-state index in [1.165, 1.54) is 4.90 Å². The van der Waals surface area contributed by atoms with Gasteiger partial charge in [-0.05, 0) is 47.6 Å². The minimum absolute atomic E-state index is 0.0949. The molecule has 1 heterocycles. The fourth-order valence-electron chi connectivity index (χ4n) is 3.21. The van der Waals surface area contributed by atoms with Crippen molar-refractivity contribution in [2.45, 2.75) is 31.3 Å². The van der Waals surface area contributed by atoms with Crippen molar-refractivity contribution < 1.29 is 14.3 Å². The zero-order valence-electron chi connectivity index (χ0n) is 16.9. The first kappa shape index (κ1) is 20.4. The molecule has 1 aliphatic heterocycles. The van der Waals surface area contributed by atoms with Crippen LogP contribution in [0.1, 0.15) is 31.0 Å². The number of nitrogens with zero attached hydrogens (tertiary/aromatic N) is 1. The summed E-state index contributed by atoms with van der Waals surface area (Å²) in [5.41, 5.74) is 2.13. The molecule has 0 saturated carbocycles. The fourth-order valence-corrected chi connectivity index (χ4v) is 3.62. The first-order chi connectivity index (χ1) is 13.5. The number of urea groups is 1. The normalized spacial score (nSPS) is 13.9. The third kappa shape index (κ3) is 4.93. The van der Waals surface area contributed by atoms with Crippen LogP contribution in [0.25, 0.3) is 0 Å². The lowest BCUT2D eigenvalue weighted by Gasteiger charge is -2.28. The summed E-state index contributed by atoms with van der Waals surface area (Å²) in [5.74, 6) is 1.74. The van der Waals surface area contributed by atoms with Crippen LogP contribution in [0.4, 0.5) is 4.79 Å². The van der Waals surface area contributed by atoms with Crippen LogP contribution in [0.15, 0.2) is 47.4 Å². The van der Waals surface area contributed by atoms with Gasteiger partial charge < -0.3 is 19.7 Å². The molecule has 1 aliphatic rings. The van der Waals surface area contributed by atoms with E-state index in [1.54, 1.807) is 16.7 Å². The molecule has 2 amide bonds. The molecule has 0 saturated heterocycles. The van der Waals surface area contributed by atoms with Gasteiger partial charge in [-0.1, -0.05) is 32.0 Å². The summed E-state index contributed by atoms with van der Waals surface area (Å²) < 4.78 is 11.3. The molecule has 0 aromatic heterocycles. The van der Waals surface area contributed by atoms with E-state index in [2.05, 4.69) is 49.7 Å². The molecule has 5 nitrogen and oxygen atoms in total. The van der Waals surface area contributed by atoms with Gasteiger partial charge in [-0.3, -0.25) is 0 Å². The van der Waals surface area contributed by atoms with Crippen LogP contribution in [0.5, 0.6) is 11.5 Å². The molecule has 0 fully saturated rings. The highest BCUT2D eigenvalue weighted by Gasteiger charge is 2.23. The van der Waals surface area contributed by atoms with Crippen molar-refractivity contribution in [3.05, 3.63) is 53.6 Å². The van der Waals surface area contributed by atoms with Gasteiger partial charge in [-0.15, -0.1) is 11.8 Å². The quantitative estimate of drug-likeness (QED) is 0.713. The van der Waals surface area contributed by atoms with Crippen molar-refractivity contribution in [1.29, 1.82) is 0 Å². The van der Waals surface area contributed by atoms with Gasteiger partial charge in [-0.2, -0.15) is 0 Å². The molecule has 6 heteroatoms. The van der Waals surface area contributed by atoms with Crippen LogP contribution in [0.2, 0.25) is 0 Å². The van der Waals surface area contributed by atoms with E-state index >= 15 is 0 Å². The number of hydrogen-bond acceptors (Lipinski definition) is 4. The lowest BCUT2D eigenvalue weighted by Crippen LogP contribution is -2.40. The van der Waals surface area contributed by atoms with Crippen LogP contribution >= 0.6 is 11.8 Å². The topological polar surface area (TPSA) is 50.8 Å². The fraction of sp³-hybridized carbons (Fsp3) is 0.409. The van der Waals surface area contributed by atoms with Gasteiger partial charge in [0.1, 0.15) is 13.2 Å². The van der Waals surface area contributed by atoms with Gasteiger partial charge >= 0.3 is 6.03 Å². The molecule has 0 aliphatic carbocycles. The van der Waals surface area contributed by atoms with E-state index in [0.717, 1.165) is 22.6 Å². The van der Waals surface area contributed by atoms with Crippen LogP contribution in [0, 0.1) is 5.92 Å². The van der Waals surface area contributed by atoms with Gasteiger partial charge in [0.05, 0.1) is 6.04 Å². The Labute approximate surface area is 171 Å². The highest BCUT2D eigenvalue weighted by Crippen LogP contribution is 2.34. The van der Waals surface area contributed by atoms with Crippen LogP contribution < -0.4 is 14.8 Å². The Morgan fingerprint density at radius 1 is 1.11 bits per heavy atom. The second-order valence-corrected chi connectivity index (χ2v) is 8.16. The number of ether oxygens (including phenoxy) is 2. The Morgan fingerprint density at radius 3 is 2.43 bits per heavy atom. The molecular formula is C22H28N2O3S. The van der Waals surface area contributed by atoms with Gasteiger partial charge in [-0.25, -0.2) is 4.79 Å². The maximum Gasteiger partial charge on any atom is 0.317 e. The highest BCUT2D eigenvalue weighted by atomic mass is 32.2. The first-order valence-corrected chi connectivity index (χ1v) is 10.7. The highest BCUT2D eigenvalue weighted by molar-refractivity contribution is 7.98. The number of rotatable bonds is 6.